The summed E-state index contributed by atoms with van der Waals surface area (Å²) < 4.78 is 17.6. The first-order chi connectivity index (χ1) is 38.2. The normalized spacial score (nSPS) is 19.2. The number of esters is 1. The zero-order valence-corrected chi connectivity index (χ0v) is 50.5. The molecule has 8 unspecified atom stereocenters. The van der Waals surface area contributed by atoms with E-state index in [4.69, 9.17) is 14.2 Å². The summed E-state index contributed by atoms with van der Waals surface area (Å²) in [6.45, 7) is 5.78. The molecule has 1 rings (SSSR count). The molecule has 1 amide bonds. The lowest BCUT2D eigenvalue weighted by Gasteiger charge is -2.41. The highest BCUT2D eigenvalue weighted by Gasteiger charge is 2.47. The molecule has 0 aromatic carbocycles. The van der Waals surface area contributed by atoms with Crippen LogP contribution in [0.5, 0.6) is 0 Å². The Labute approximate surface area is 478 Å². The fourth-order valence-electron chi connectivity index (χ4n) is 10.2. The van der Waals surface area contributed by atoms with E-state index in [1.807, 2.05) is 6.08 Å². The molecular weight excluding hydrogens is 979 g/mol. The third-order valence-corrected chi connectivity index (χ3v) is 15.5. The van der Waals surface area contributed by atoms with Crippen molar-refractivity contribution >= 4 is 11.9 Å². The Morgan fingerprint density at radius 2 is 0.885 bits per heavy atom. The molecule has 0 aliphatic carbocycles. The Balaban J connectivity index is 2.65. The number of carbonyl (C=O) groups excluding carboxylic acids is 2. The van der Waals surface area contributed by atoms with Crippen LogP contribution in [0.4, 0.5) is 0 Å². The highest BCUT2D eigenvalue weighted by atomic mass is 16.7. The predicted octanol–water partition coefficient (Wildman–Crippen LogP) is 16.0. The van der Waals surface area contributed by atoms with Crippen LogP contribution in [0.15, 0.2) is 48.6 Å². The molecular formula is C67H123NO10. The van der Waals surface area contributed by atoms with E-state index in [-0.39, 0.29) is 13.0 Å². The van der Waals surface area contributed by atoms with Gasteiger partial charge in [-0.2, -0.15) is 0 Å². The van der Waals surface area contributed by atoms with Gasteiger partial charge in [0.1, 0.15) is 24.4 Å². The molecule has 0 aromatic heterocycles. The van der Waals surface area contributed by atoms with Crippen molar-refractivity contribution in [3.63, 3.8) is 0 Å². The van der Waals surface area contributed by atoms with Gasteiger partial charge < -0.3 is 45.1 Å². The Bertz CT molecular complexity index is 1450. The number of nitrogens with one attached hydrogen (secondary N) is 1. The average molecular weight is 1100 g/mol. The maximum absolute atomic E-state index is 13.4. The van der Waals surface area contributed by atoms with E-state index in [2.05, 4.69) is 62.5 Å². The van der Waals surface area contributed by atoms with Crippen LogP contribution in [0, 0.1) is 0 Å². The standard InChI is InChI=1S/C67H123NO10/c1-4-7-10-13-16-19-22-25-27-29-31-33-35-37-40-43-46-49-52-55-62(72)78-65-64(74)63(73)61(56-69)77-67(65)76-57-58(59(70)53-50-47-44-41-38-24-21-18-15-12-9-6-3)68-66(75)60(71)54-51-48-45-42-39-36-34-32-30-28-26-23-20-17-14-11-8-5-2/h16,19,25,27,31,33,50,53,58-61,63-65,67,69-71,73-74H,4-15,17-18,20-24,26,28-30,32,34-49,51-52,54-57H2,1-3H3,(H,68,75)/b19-16-,27-25-,33-31-,53-50+. The van der Waals surface area contributed by atoms with Crippen molar-refractivity contribution in [2.24, 2.45) is 0 Å². The summed E-state index contributed by atoms with van der Waals surface area (Å²) >= 11 is 0. The number of amides is 1. The van der Waals surface area contributed by atoms with E-state index in [0.29, 0.717) is 19.3 Å². The molecule has 1 heterocycles. The number of carbonyl (C=O) groups is 2. The lowest BCUT2D eigenvalue weighted by atomic mass is 9.99. The molecule has 1 aliphatic heterocycles. The summed E-state index contributed by atoms with van der Waals surface area (Å²) in [6, 6.07) is -1.02. The lowest BCUT2D eigenvalue weighted by Crippen LogP contribution is -2.61. The number of rotatable bonds is 56. The summed E-state index contributed by atoms with van der Waals surface area (Å²) in [5.41, 5.74) is 0. The number of aliphatic hydroxyl groups is 5. The minimum atomic E-state index is -1.62. The van der Waals surface area contributed by atoms with Crippen LogP contribution in [0.3, 0.4) is 0 Å². The largest absolute Gasteiger partial charge is 0.454 e. The van der Waals surface area contributed by atoms with Gasteiger partial charge >= 0.3 is 5.97 Å². The van der Waals surface area contributed by atoms with Crippen LogP contribution in [0.25, 0.3) is 0 Å². The third-order valence-electron chi connectivity index (χ3n) is 15.5. The fraction of sp³-hybridized carbons (Fsp3) is 0.851. The zero-order valence-electron chi connectivity index (χ0n) is 50.5. The highest BCUT2D eigenvalue weighted by Crippen LogP contribution is 2.26. The molecule has 11 heteroatoms. The Hall–Kier alpha value is -2.38. The van der Waals surface area contributed by atoms with Gasteiger partial charge in [-0.25, -0.2) is 0 Å². The molecule has 8 atom stereocenters. The van der Waals surface area contributed by atoms with Gasteiger partial charge in [-0.1, -0.05) is 281 Å². The van der Waals surface area contributed by atoms with Gasteiger partial charge in [0.05, 0.1) is 25.4 Å². The van der Waals surface area contributed by atoms with Crippen molar-refractivity contribution in [2.75, 3.05) is 13.2 Å². The van der Waals surface area contributed by atoms with Crippen LogP contribution in [-0.4, -0.2) is 99.6 Å². The second kappa shape index (κ2) is 55.2. The zero-order chi connectivity index (χ0) is 56.8. The molecule has 0 spiro atoms. The quantitative estimate of drug-likeness (QED) is 0.0195. The fourth-order valence-corrected chi connectivity index (χ4v) is 10.2. The third kappa shape index (κ3) is 42.5. The van der Waals surface area contributed by atoms with Crippen molar-refractivity contribution in [3.05, 3.63) is 48.6 Å². The van der Waals surface area contributed by atoms with Crippen LogP contribution >= 0.6 is 0 Å². The molecule has 1 fully saturated rings. The highest BCUT2D eigenvalue weighted by molar-refractivity contribution is 5.80. The Morgan fingerprint density at radius 3 is 1.35 bits per heavy atom. The molecule has 1 saturated heterocycles. The van der Waals surface area contributed by atoms with Crippen molar-refractivity contribution in [3.8, 4) is 0 Å². The van der Waals surface area contributed by atoms with Gasteiger partial charge in [-0.3, -0.25) is 9.59 Å². The summed E-state index contributed by atoms with van der Waals surface area (Å²) in [6.07, 6.45) is 57.1. The average Bonchev–Trinajstić information content (AvgIpc) is 3.45. The van der Waals surface area contributed by atoms with E-state index in [9.17, 15) is 35.1 Å². The van der Waals surface area contributed by atoms with Crippen LogP contribution in [-0.2, 0) is 23.8 Å². The minimum Gasteiger partial charge on any atom is -0.454 e. The van der Waals surface area contributed by atoms with Crippen LogP contribution in [0.2, 0.25) is 0 Å². The van der Waals surface area contributed by atoms with E-state index in [1.165, 1.54) is 167 Å². The molecule has 6 N–H and O–H groups in total. The van der Waals surface area contributed by atoms with Gasteiger partial charge in [0.25, 0.3) is 0 Å². The van der Waals surface area contributed by atoms with E-state index in [1.54, 1.807) is 6.08 Å². The van der Waals surface area contributed by atoms with Crippen LogP contribution < -0.4 is 5.32 Å². The molecule has 0 bridgehead atoms. The minimum absolute atomic E-state index is 0.110. The molecule has 1 aliphatic rings. The first-order valence-corrected chi connectivity index (χ1v) is 32.9. The van der Waals surface area contributed by atoms with Gasteiger partial charge in [-0.05, 0) is 64.2 Å². The molecule has 0 radical (unpaired) electrons. The first-order valence-electron chi connectivity index (χ1n) is 32.9. The van der Waals surface area contributed by atoms with Crippen molar-refractivity contribution in [1.82, 2.24) is 5.32 Å². The van der Waals surface area contributed by atoms with E-state index in [0.717, 1.165) is 89.9 Å². The van der Waals surface area contributed by atoms with E-state index >= 15 is 0 Å². The maximum Gasteiger partial charge on any atom is 0.306 e. The van der Waals surface area contributed by atoms with Crippen molar-refractivity contribution in [1.29, 1.82) is 0 Å². The number of ether oxygens (including phenoxy) is 3. The molecule has 0 saturated carbocycles. The number of hydrogen-bond donors (Lipinski definition) is 6. The predicted molar refractivity (Wildman–Crippen MR) is 324 cm³/mol. The second-order valence-corrected chi connectivity index (χ2v) is 22.9. The summed E-state index contributed by atoms with van der Waals surface area (Å²) in [5.74, 6) is -1.20. The molecule has 456 valence electrons. The van der Waals surface area contributed by atoms with E-state index < -0.39 is 67.4 Å². The van der Waals surface area contributed by atoms with Crippen molar-refractivity contribution < 1.29 is 49.3 Å². The second-order valence-electron chi connectivity index (χ2n) is 22.9. The number of hydrogen-bond acceptors (Lipinski definition) is 10. The SMILES string of the molecule is CCCCC/C=C\C/C=C\C/C=C\CCCCCCCCC(=O)OC1C(OCC(NC(=O)C(O)CCCCCCCCCCCCCCCCCCCC)C(O)/C=C/CCCCCCCCCCCC)OC(CO)C(O)C1O. The van der Waals surface area contributed by atoms with Crippen LogP contribution in [0.1, 0.15) is 303 Å². The summed E-state index contributed by atoms with van der Waals surface area (Å²) in [5, 5.41) is 57.1. The monoisotopic (exact) mass is 1100 g/mol. The number of aliphatic hydroxyl groups excluding tert-OH is 5. The Morgan fingerprint density at radius 1 is 0.500 bits per heavy atom. The Kier molecular flexibility index (Phi) is 52.1. The number of unbranched alkanes of at least 4 members (excludes halogenated alkanes) is 36. The lowest BCUT2D eigenvalue weighted by molar-refractivity contribution is -0.305. The van der Waals surface area contributed by atoms with Gasteiger partial charge in [-0.15, -0.1) is 0 Å². The molecule has 11 nitrogen and oxygen atoms in total. The topological polar surface area (TPSA) is 175 Å². The summed E-state index contributed by atoms with van der Waals surface area (Å²) in [7, 11) is 0. The maximum atomic E-state index is 13.4. The van der Waals surface area contributed by atoms with Gasteiger partial charge in [0, 0.05) is 6.42 Å². The molecule has 0 aromatic rings. The number of allylic oxidation sites excluding steroid dienone is 7. The first kappa shape index (κ1) is 73.6. The van der Waals surface area contributed by atoms with Gasteiger partial charge in [0.2, 0.25) is 5.91 Å². The van der Waals surface area contributed by atoms with Gasteiger partial charge in [0.15, 0.2) is 12.4 Å². The summed E-state index contributed by atoms with van der Waals surface area (Å²) in [4.78, 5) is 26.6. The smallest absolute Gasteiger partial charge is 0.306 e. The molecule has 78 heavy (non-hydrogen) atoms. The van der Waals surface area contributed by atoms with Crippen molar-refractivity contribution in [2.45, 2.75) is 352 Å².